The highest BCUT2D eigenvalue weighted by Gasteiger charge is 2.26. The molecule has 34 heavy (non-hydrogen) atoms. The third kappa shape index (κ3) is 5.19. The molecule has 3 aromatic carbocycles. The van der Waals surface area contributed by atoms with Crippen LogP contribution in [0.2, 0.25) is 0 Å². The third-order valence-corrected chi connectivity index (χ3v) is 8.18. The molecule has 0 aliphatic carbocycles. The molecule has 0 amide bonds. The van der Waals surface area contributed by atoms with Crippen molar-refractivity contribution < 1.29 is 12.9 Å². The van der Waals surface area contributed by atoms with Gasteiger partial charge in [-0.05, 0) is 47.9 Å². The fraction of sp³-hybridized carbons (Fsp3) is 0.308. The Labute approximate surface area is 200 Å². The third-order valence-electron chi connectivity index (χ3n) is 6.30. The fourth-order valence-electron chi connectivity index (χ4n) is 4.48. The highest BCUT2D eigenvalue weighted by atomic mass is 32.2. The van der Waals surface area contributed by atoms with E-state index >= 15 is 0 Å². The zero-order valence-corrected chi connectivity index (χ0v) is 19.8. The average Bonchev–Trinajstić information content (AvgIpc) is 3.20. The summed E-state index contributed by atoms with van der Waals surface area (Å²) in [6, 6.07) is 23.9. The number of sulfonamides is 1. The Kier molecular flexibility index (Phi) is 6.71. The van der Waals surface area contributed by atoms with Gasteiger partial charge >= 0.3 is 0 Å². The van der Waals surface area contributed by atoms with E-state index in [4.69, 9.17) is 4.52 Å². The van der Waals surface area contributed by atoms with Gasteiger partial charge in [0, 0.05) is 25.2 Å². The smallest absolute Gasteiger partial charge is 0.257 e. The highest BCUT2D eigenvalue weighted by molar-refractivity contribution is 7.89. The Balaban J connectivity index is 1.19. The van der Waals surface area contributed by atoms with E-state index in [9.17, 15) is 8.42 Å². The quantitative estimate of drug-likeness (QED) is 0.402. The molecule has 1 aliphatic heterocycles. The first kappa shape index (κ1) is 22.7. The van der Waals surface area contributed by atoms with Crippen LogP contribution in [0.3, 0.4) is 0 Å². The van der Waals surface area contributed by atoms with Crippen molar-refractivity contribution in [2.75, 3.05) is 31.9 Å². The second kappa shape index (κ2) is 10.0. The van der Waals surface area contributed by atoms with Gasteiger partial charge in [0.25, 0.3) is 5.89 Å². The topological polar surface area (TPSA) is 79.5 Å². The molecule has 1 fully saturated rings. The van der Waals surface area contributed by atoms with Gasteiger partial charge < -0.3 is 4.52 Å². The summed E-state index contributed by atoms with van der Waals surface area (Å²) in [5, 5.41) is 6.37. The van der Waals surface area contributed by atoms with Gasteiger partial charge in [0.05, 0.1) is 12.3 Å². The summed E-state index contributed by atoms with van der Waals surface area (Å²) in [7, 11) is -3.34. The van der Waals surface area contributed by atoms with Crippen LogP contribution in [0.5, 0.6) is 0 Å². The second-order valence-corrected chi connectivity index (χ2v) is 10.7. The SMILES string of the molecule is O=S(=O)(CCc1cccc2ccccc12)N1CCCN(Cc2noc(-c3ccccc3)n2)CC1. The van der Waals surface area contributed by atoms with E-state index < -0.39 is 10.0 Å². The molecule has 0 unspecified atom stereocenters. The maximum Gasteiger partial charge on any atom is 0.257 e. The maximum absolute atomic E-state index is 13.1. The number of rotatable bonds is 7. The van der Waals surface area contributed by atoms with Gasteiger partial charge in [-0.3, -0.25) is 4.90 Å². The predicted octanol–water partition coefficient (Wildman–Crippen LogP) is 3.97. The molecule has 8 heteroatoms. The molecule has 4 aromatic rings. The monoisotopic (exact) mass is 476 g/mol. The van der Waals surface area contributed by atoms with Crippen LogP contribution in [-0.4, -0.2) is 59.7 Å². The van der Waals surface area contributed by atoms with E-state index in [1.54, 1.807) is 4.31 Å². The summed E-state index contributed by atoms with van der Waals surface area (Å²) in [5.41, 5.74) is 1.96. The lowest BCUT2D eigenvalue weighted by Gasteiger charge is -2.21. The van der Waals surface area contributed by atoms with Gasteiger partial charge in [0.2, 0.25) is 10.0 Å². The number of aryl methyl sites for hydroxylation is 1. The summed E-state index contributed by atoms with van der Waals surface area (Å²) in [4.78, 5) is 6.70. The Hall–Kier alpha value is -3.07. The van der Waals surface area contributed by atoms with Crippen molar-refractivity contribution in [2.24, 2.45) is 0 Å². The van der Waals surface area contributed by atoms with Crippen molar-refractivity contribution in [1.29, 1.82) is 0 Å². The molecule has 176 valence electrons. The molecule has 5 rings (SSSR count). The standard InChI is InChI=1S/C26H28N4O3S/c31-34(32,19-14-22-12-6-11-21-8-4-5-13-24(21)22)30-16-7-15-29(17-18-30)20-25-27-26(33-28-25)23-9-2-1-3-10-23/h1-6,8-13H,7,14-20H2. The minimum absolute atomic E-state index is 0.117. The van der Waals surface area contributed by atoms with Crippen LogP contribution < -0.4 is 0 Å². The van der Waals surface area contributed by atoms with Crippen molar-refractivity contribution in [3.05, 3.63) is 84.2 Å². The first-order valence-electron chi connectivity index (χ1n) is 11.6. The summed E-state index contributed by atoms with van der Waals surface area (Å²) in [5.74, 6) is 1.24. The largest absolute Gasteiger partial charge is 0.334 e. The lowest BCUT2D eigenvalue weighted by atomic mass is 10.0. The Morgan fingerprint density at radius 1 is 0.853 bits per heavy atom. The van der Waals surface area contributed by atoms with Crippen molar-refractivity contribution in [1.82, 2.24) is 19.3 Å². The highest BCUT2D eigenvalue weighted by Crippen LogP contribution is 2.21. The molecule has 1 aliphatic rings. The average molecular weight is 477 g/mol. The molecule has 0 radical (unpaired) electrons. The lowest BCUT2D eigenvalue weighted by molar-refractivity contribution is 0.266. The van der Waals surface area contributed by atoms with Crippen LogP contribution in [0.1, 0.15) is 17.8 Å². The molecule has 0 spiro atoms. The second-order valence-electron chi connectivity index (χ2n) is 8.61. The zero-order chi connectivity index (χ0) is 23.4. The first-order chi connectivity index (χ1) is 16.6. The van der Waals surface area contributed by atoms with E-state index in [-0.39, 0.29) is 5.75 Å². The molecule has 0 saturated carbocycles. The molecule has 2 heterocycles. The van der Waals surface area contributed by atoms with Crippen LogP contribution in [0.4, 0.5) is 0 Å². The number of benzene rings is 3. The van der Waals surface area contributed by atoms with Crippen molar-refractivity contribution in [3.8, 4) is 11.5 Å². The number of nitrogens with zero attached hydrogens (tertiary/aromatic N) is 4. The summed E-state index contributed by atoms with van der Waals surface area (Å²) in [6.45, 7) is 2.99. The van der Waals surface area contributed by atoms with Crippen LogP contribution in [-0.2, 0) is 23.0 Å². The number of aromatic nitrogens is 2. The Morgan fingerprint density at radius 2 is 1.65 bits per heavy atom. The Bertz CT molecular complexity index is 1350. The number of fused-ring (bicyclic) bond motifs is 1. The lowest BCUT2D eigenvalue weighted by Crippen LogP contribution is -2.37. The van der Waals surface area contributed by atoms with E-state index in [0.29, 0.717) is 44.3 Å². The van der Waals surface area contributed by atoms with Gasteiger partial charge in [0.1, 0.15) is 0 Å². The first-order valence-corrected chi connectivity index (χ1v) is 13.2. The molecule has 0 atom stereocenters. The molecule has 1 aromatic heterocycles. The van der Waals surface area contributed by atoms with Crippen molar-refractivity contribution >= 4 is 20.8 Å². The molecule has 0 bridgehead atoms. The van der Waals surface area contributed by atoms with Gasteiger partial charge in [-0.2, -0.15) is 4.98 Å². The molecule has 7 nitrogen and oxygen atoms in total. The van der Waals surface area contributed by atoms with Gasteiger partial charge in [0.15, 0.2) is 5.82 Å². The van der Waals surface area contributed by atoms with E-state index in [2.05, 4.69) is 33.2 Å². The number of hydrogen-bond donors (Lipinski definition) is 0. The summed E-state index contributed by atoms with van der Waals surface area (Å²) in [6.07, 6.45) is 1.28. The van der Waals surface area contributed by atoms with Gasteiger partial charge in [-0.25, -0.2) is 12.7 Å². The summed E-state index contributed by atoms with van der Waals surface area (Å²) < 4.78 is 33.3. The fourth-order valence-corrected chi connectivity index (χ4v) is 5.98. The van der Waals surface area contributed by atoms with Crippen LogP contribution >= 0.6 is 0 Å². The minimum Gasteiger partial charge on any atom is -0.334 e. The van der Waals surface area contributed by atoms with Crippen molar-refractivity contribution in [3.63, 3.8) is 0 Å². The minimum atomic E-state index is -3.34. The van der Waals surface area contributed by atoms with Crippen molar-refractivity contribution in [2.45, 2.75) is 19.4 Å². The Morgan fingerprint density at radius 3 is 2.53 bits per heavy atom. The molecule has 0 N–H and O–H groups in total. The van der Waals surface area contributed by atoms with Crippen LogP contribution in [0.15, 0.2) is 77.3 Å². The van der Waals surface area contributed by atoms with Gasteiger partial charge in [-0.1, -0.05) is 65.8 Å². The maximum atomic E-state index is 13.1. The molecular formula is C26H28N4O3S. The molecular weight excluding hydrogens is 448 g/mol. The molecule has 1 saturated heterocycles. The van der Waals surface area contributed by atoms with Gasteiger partial charge in [-0.15, -0.1) is 0 Å². The predicted molar refractivity (Wildman–Crippen MR) is 133 cm³/mol. The number of hydrogen-bond acceptors (Lipinski definition) is 6. The van der Waals surface area contributed by atoms with Crippen LogP contribution in [0, 0.1) is 0 Å². The normalized spacial score (nSPS) is 16.0. The van der Waals surface area contributed by atoms with E-state index in [0.717, 1.165) is 34.9 Å². The van der Waals surface area contributed by atoms with E-state index in [1.807, 2.05) is 54.6 Å². The zero-order valence-electron chi connectivity index (χ0n) is 19.0. The summed E-state index contributed by atoms with van der Waals surface area (Å²) >= 11 is 0. The van der Waals surface area contributed by atoms with E-state index in [1.165, 1.54) is 0 Å². The van der Waals surface area contributed by atoms with Crippen LogP contribution in [0.25, 0.3) is 22.2 Å².